The van der Waals surface area contributed by atoms with Crippen molar-refractivity contribution in [1.29, 1.82) is 0 Å². The summed E-state index contributed by atoms with van der Waals surface area (Å²) in [6, 6.07) is 27.6. The summed E-state index contributed by atoms with van der Waals surface area (Å²) in [4.78, 5) is 0.290. The SMILES string of the molecule is Cc1ccc(S(=O)(=O)[C@@H]2O[C@@H]2[C@H](C)O[Si](c2ccccc2)(c2ccccc2)C(C)(C)C)cc1. The standard InChI is InChI=1S/C27H32O4SSi/c1-20-16-18-22(19-17-20)32(28,29)26-25(30-26)21(2)31-33(27(3,4)5,23-12-8-6-9-13-23)24-14-10-7-11-15-24/h6-19,21,25-26H,1-5H3/t21-,25+,26-/m0/s1. The molecule has 174 valence electrons. The van der Waals surface area contributed by atoms with E-state index >= 15 is 0 Å². The summed E-state index contributed by atoms with van der Waals surface area (Å²) >= 11 is 0. The van der Waals surface area contributed by atoms with Crippen molar-refractivity contribution >= 4 is 28.5 Å². The molecular weight excluding hydrogens is 448 g/mol. The Hall–Kier alpha value is -2.25. The molecule has 1 heterocycles. The second kappa shape index (κ2) is 8.84. The van der Waals surface area contributed by atoms with Gasteiger partial charge in [0, 0.05) is 0 Å². The molecule has 0 spiro atoms. The zero-order valence-electron chi connectivity index (χ0n) is 19.9. The molecule has 3 aromatic carbocycles. The quantitative estimate of drug-likeness (QED) is 0.370. The first-order chi connectivity index (χ1) is 15.6. The fourth-order valence-corrected chi connectivity index (χ4v) is 10.9. The van der Waals surface area contributed by atoms with Crippen molar-refractivity contribution < 1.29 is 17.6 Å². The zero-order chi connectivity index (χ0) is 23.9. The predicted octanol–water partition coefficient (Wildman–Crippen LogP) is 4.46. The van der Waals surface area contributed by atoms with E-state index in [0.717, 1.165) is 15.9 Å². The summed E-state index contributed by atoms with van der Waals surface area (Å²) in [5, 5.41) is 2.13. The highest BCUT2D eigenvalue weighted by Crippen LogP contribution is 2.41. The van der Waals surface area contributed by atoms with Crippen LogP contribution in [0.25, 0.3) is 0 Å². The van der Waals surface area contributed by atoms with E-state index in [1.807, 2.05) is 62.4 Å². The Balaban J connectivity index is 1.69. The van der Waals surface area contributed by atoms with Crippen LogP contribution in [0.15, 0.2) is 89.8 Å². The molecule has 1 aliphatic heterocycles. The maximum Gasteiger partial charge on any atom is 0.261 e. The van der Waals surface area contributed by atoms with Crippen LogP contribution in [0, 0.1) is 6.92 Å². The number of hydrogen-bond donors (Lipinski definition) is 0. The fraction of sp³-hybridized carbons (Fsp3) is 0.333. The lowest BCUT2D eigenvalue weighted by molar-refractivity contribution is 0.164. The highest BCUT2D eigenvalue weighted by atomic mass is 32.2. The number of aryl methyl sites for hydroxylation is 1. The van der Waals surface area contributed by atoms with E-state index < -0.39 is 29.7 Å². The number of epoxide rings is 1. The number of benzene rings is 3. The Labute approximate surface area is 198 Å². The van der Waals surface area contributed by atoms with E-state index in [4.69, 9.17) is 9.16 Å². The monoisotopic (exact) mass is 480 g/mol. The van der Waals surface area contributed by atoms with Gasteiger partial charge < -0.3 is 9.16 Å². The molecule has 0 amide bonds. The summed E-state index contributed by atoms with van der Waals surface area (Å²) in [6.45, 7) is 10.5. The molecule has 33 heavy (non-hydrogen) atoms. The molecule has 0 unspecified atom stereocenters. The minimum atomic E-state index is -3.58. The summed E-state index contributed by atoms with van der Waals surface area (Å²) in [7, 11) is -6.37. The average molecular weight is 481 g/mol. The van der Waals surface area contributed by atoms with Gasteiger partial charge in [-0.05, 0) is 41.4 Å². The van der Waals surface area contributed by atoms with E-state index in [-0.39, 0.29) is 11.1 Å². The lowest BCUT2D eigenvalue weighted by Crippen LogP contribution is -2.68. The van der Waals surface area contributed by atoms with Crippen molar-refractivity contribution in [3.63, 3.8) is 0 Å². The van der Waals surface area contributed by atoms with E-state index in [9.17, 15) is 8.42 Å². The molecule has 3 aromatic rings. The fourth-order valence-electron chi connectivity index (χ4n) is 4.59. The van der Waals surface area contributed by atoms with Crippen LogP contribution in [0.1, 0.15) is 33.3 Å². The van der Waals surface area contributed by atoms with Crippen molar-refractivity contribution in [3.8, 4) is 0 Å². The van der Waals surface area contributed by atoms with Gasteiger partial charge >= 0.3 is 0 Å². The van der Waals surface area contributed by atoms with Gasteiger partial charge in [-0.2, -0.15) is 0 Å². The smallest absolute Gasteiger partial charge is 0.261 e. The van der Waals surface area contributed by atoms with Gasteiger partial charge in [-0.3, -0.25) is 0 Å². The first-order valence-corrected chi connectivity index (χ1v) is 14.8. The van der Waals surface area contributed by atoms with Crippen molar-refractivity contribution in [2.24, 2.45) is 0 Å². The Morgan fingerprint density at radius 2 is 1.33 bits per heavy atom. The largest absolute Gasteiger partial charge is 0.402 e. The maximum absolute atomic E-state index is 13.2. The molecule has 1 fully saturated rings. The van der Waals surface area contributed by atoms with E-state index in [1.165, 1.54) is 0 Å². The third-order valence-corrected chi connectivity index (χ3v) is 13.4. The minimum Gasteiger partial charge on any atom is -0.402 e. The van der Waals surface area contributed by atoms with Crippen molar-refractivity contribution in [2.75, 3.05) is 0 Å². The van der Waals surface area contributed by atoms with E-state index in [0.29, 0.717) is 4.90 Å². The summed E-state index contributed by atoms with van der Waals surface area (Å²) < 4.78 is 39.1. The second-order valence-electron chi connectivity index (χ2n) is 9.81. The zero-order valence-corrected chi connectivity index (χ0v) is 21.7. The lowest BCUT2D eigenvalue weighted by atomic mass is 10.2. The van der Waals surface area contributed by atoms with Gasteiger partial charge in [0.05, 0.1) is 11.0 Å². The summed E-state index contributed by atoms with van der Waals surface area (Å²) in [6.07, 6.45) is -0.889. The van der Waals surface area contributed by atoms with Gasteiger partial charge in [0.1, 0.15) is 6.10 Å². The summed E-state index contributed by atoms with van der Waals surface area (Å²) in [5.74, 6) is 0. The topological polar surface area (TPSA) is 55.9 Å². The first kappa shape index (κ1) is 23.9. The average Bonchev–Trinajstić information content (AvgIpc) is 3.60. The summed E-state index contributed by atoms with van der Waals surface area (Å²) in [5.41, 5.74) is 0.138. The molecule has 4 nitrogen and oxygen atoms in total. The minimum absolute atomic E-state index is 0.190. The third-order valence-electron chi connectivity index (χ3n) is 6.38. The number of rotatable bonds is 7. The van der Waals surface area contributed by atoms with Gasteiger partial charge in [0.15, 0.2) is 5.44 Å². The number of ether oxygens (including phenoxy) is 1. The molecule has 0 bridgehead atoms. The van der Waals surface area contributed by atoms with Gasteiger partial charge in [-0.25, -0.2) is 8.42 Å². The highest BCUT2D eigenvalue weighted by Gasteiger charge is 2.57. The molecule has 0 aliphatic carbocycles. The highest BCUT2D eigenvalue weighted by molar-refractivity contribution is 7.92. The van der Waals surface area contributed by atoms with Crippen LogP contribution in [-0.2, 0) is 19.0 Å². The molecule has 3 atom stereocenters. The van der Waals surface area contributed by atoms with E-state index in [2.05, 4.69) is 45.0 Å². The Morgan fingerprint density at radius 3 is 1.79 bits per heavy atom. The number of hydrogen-bond acceptors (Lipinski definition) is 4. The van der Waals surface area contributed by atoms with Crippen molar-refractivity contribution in [2.45, 2.75) is 62.2 Å². The van der Waals surface area contributed by atoms with Crippen LogP contribution >= 0.6 is 0 Å². The van der Waals surface area contributed by atoms with Crippen LogP contribution in [0.3, 0.4) is 0 Å². The van der Waals surface area contributed by atoms with Crippen LogP contribution in [-0.4, -0.2) is 34.4 Å². The van der Waals surface area contributed by atoms with Gasteiger partial charge in [-0.15, -0.1) is 0 Å². The van der Waals surface area contributed by atoms with E-state index in [1.54, 1.807) is 12.1 Å². The third kappa shape index (κ3) is 4.45. The normalized spacial score (nSPS) is 19.8. The molecule has 0 N–H and O–H groups in total. The molecular formula is C27H32O4SSi. The Kier molecular flexibility index (Phi) is 6.40. The number of sulfone groups is 1. The first-order valence-electron chi connectivity index (χ1n) is 11.3. The molecule has 6 heteroatoms. The van der Waals surface area contributed by atoms with Gasteiger partial charge in [-0.1, -0.05) is 99.1 Å². The molecule has 0 aromatic heterocycles. The van der Waals surface area contributed by atoms with Crippen LogP contribution in [0.2, 0.25) is 5.04 Å². The second-order valence-corrected chi connectivity index (χ2v) is 16.1. The van der Waals surface area contributed by atoms with Crippen LogP contribution in [0.5, 0.6) is 0 Å². The maximum atomic E-state index is 13.2. The molecule has 1 saturated heterocycles. The Bertz CT molecular complexity index is 1150. The molecule has 4 rings (SSSR count). The van der Waals surface area contributed by atoms with Crippen LogP contribution < -0.4 is 10.4 Å². The van der Waals surface area contributed by atoms with Gasteiger partial charge in [0.2, 0.25) is 9.84 Å². The van der Waals surface area contributed by atoms with Crippen molar-refractivity contribution in [1.82, 2.24) is 0 Å². The Morgan fingerprint density at radius 1 is 0.848 bits per heavy atom. The lowest BCUT2D eigenvalue weighted by Gasteiger charge is -2.44. The molecule has 0 radical (unpaired) electrons. The molecule has 1 aliphatic rings. The van der Waals surface area contributed by atoms with Crippen molar-refractivity contribution in [3.05, 3.63) is 90.5 Å². The molecule has 0 saturated carbocycles. The predicted molar refractivity (Wildman–Crippen MR) is 135 cm³/mol. The van der Waals surface area contributed by atoms with Gasteiger partial charge in [0.25, 0.3) is 8.32 Å². The van der Waals surface area contributed by atoms with Crippen LogP contribution in [0.4, 0.5) is 0 Å².